The summed E-state index contributed by atoms with van der Waals surface area (Å²) in [4.78, 5) is 34.5. The molecule has 0 heterocycles. The van der Waals surface area contributed by atoms with E-state index < -0.39 is 11.2 Å². The third kappa shape index (κ3) is 30.5. The Morgan fingerprint density at radius 1 is 1.08 bits per heavy atom. The van der Waals surface area contributed by atoms with Crippen LogP contribution in [0.3, 0.4) is 0 Å². The van der Waals surface area contributed by atoms with Crippen LogP contribution in [-0.2, 0) is 79.8 Å². The van der Waals surface area contributed by atoms with Crippen LogP contribution in [0, 0.1) is 4.91 Å². The summed E-state index contributed by atoms with van der Waals surface area (Å²) in [5, 5.41) is 7.64. The zero-order chi connectivity index (χ0) is 18.7. The minimum absolute atomic E-state index is 0. The van der Waals surface area contributed by atoms with Gasteiger partial charge in [0.25, 0.3) is 0 Å². The predicted molar refractivity (Wildman–Crippen MR) is 81.3 cm³/mol. The fourth-order valence-electron chi connectivity index (χ4n) is 1.48. The standard InChI is InChI=1S/C7H15N2O4.C7H15NO.2Y/c1-9(2,3)6-7(4-5-10)13-8(11)12;1-8(2,3)6-4-5-7-9;;/h7H,4,6H2,1-3H3,(H,11,12);4-6H2,1-3H3;;/q+1;;;/i;4T;;. The molecule has 0 aliphatic heterocycles. The van der Waals surface area contributed by atoms with Crippen LogP contribution in [0.15, 0.2) is 0 Å². The normalized spacial score (nSPS) is 13.5. The number of hydrogen-bond donors (Lipinski definition) is 1. The Balaban J connectivity index is -0.000000168. The minimum Gasteiger partial charge on any atom is -0.542 e. The summed E-state index contributed by atoms with van der Waals surface area (Å²) in [5.41, 5.74) is 0. The average molecular weight is 500 g/mol. The Labute approximate surface area is 197 Å². The van der Waals surface area contributed by atoms with Gasteiger partial charge < -0.3 is 18.6 Å². The summed E-state index contributed by atoms with van der Waals surface area (Å²) < 4.78 is 8.61. The fraction of sp³-hybridized carbons (Fsp3) is 0.857. The molecule has 2 radical (unpaired) electrons. The van der Waals surface area contributed by atoms with Gasteiger partial charge in [-0.05, 0) is 6.40 Å². The van der Waals surface area contributed by atoms with E-state index in [1.807, 2.05) is 42.3 Å². The molecule has 24 heavy (non-hydrogen) atoms. The molecule has 0 aromatic heterocycles. The van der Waals surface area contributed by atoms with Crippen LogP contribution >= 0.6 is 0 Å². The van der Waals surface area contributed by atoms with Gasteiger partial charge in [0.1, 0.15) is 11.5 Å². The summed E-state index contributed by atoms with van der Waals surface area (Å²) in [6.45, 7) is 1.14. The maximum Gasteiger partial charge on any atom is 0.475 e. The Morgan fingerprint density at radius 2 is 1.58 bits per heavy atom. The first-order valence-electron chi connectivity index (χ1n) is 7.44. The van der Waals surface area contributed by atoms with Crippen molar-refractivity contribution in [2.45, 2.75) is 25.3 Å². The zero-order valence-corrected chi connectivity index (χ0v) is 21.2. The molecular formula is C14H30N3O5Y2+. The number of hydrogen-bond acceptors (Lipinski definition) is 4. The second-order valence-corrected chi connectivity index (χ2v) is 6.90. The van der Waals surface area contributed by atoms with Crippen LogP contribution in [0.25, 0.3) is 0 Å². The molecule has 2 unspecified atom stereocenters. The number of nitrogens with zero attached hydrogens (tertiary/aromatic N) is 3. The molecule has 0 saturated heterocycles. The number of rotatable bonds is 10. The largest absolute Gasteiger partial charge is 0.542 e. The predicted octanol–water partition coefficient (Wildman–Crippen LogP) is 0.238. The van der Waals surface area contributed by atoms with E-state index in [1.54, 1.807) is 12.6 Å². The van der Waals surface area contributed by atoms with Gasteiger partial charge in [0.15, 0.2) is 0 Å². The van der Waals surface area contributed by atoms with Crippen molar-refractivity contribution in [3.8, 4) is 0 Å². The molecule has 0 aromatic carbocycles. The topological polar surface area (TPSA) is 83.7 Å². The van der Waals surface area contributed by atoms with Gasteiger partial charge in [0.05, 0.1) is 48.8 Å². The van der Waals surface area contributed by atoms with Crippen LogP contribution < -0.4 is 0 Å². The molecule has 0 aromatic rings. The molecule has 0 aliphatic rings. The molecule has 8 nitrogen and oxygen atoms in total. The average Bonchev–Trinajstić information content (AvgIpc) is 2.24. The van der Waals surface area contributed by atoms with Crippen molar-refractivity contribution < 1.29 is 100 Å². The summed E-state index contributed by atoms with van der Waals surface area (Å²) in [7, 11) is 11.7. The van der Waals surface area contributed by atoms with Crippen LogP contribution in [-0.4, -0.2) is 93.3 Å². The van der Waals surface area contributed by atoms with E-state index in [0.717, 1.165) is 4.48 Å². The smallest absolute Gasteiger partial charge is 0.475 e. The van der Waals surface area contributed by atoms with E-state index in [1.165, 1.54) is 0 Å². The van der Waals surface area contributed by atoms with E-state index in [0.29, 0.717) is 17.6 Å². The maximum absolute atomic E-state index is 10.1. The Bertz CT molecular complexity index is 376. The first kappa shape index (κ1) is 29.4. The molecule has 0 fully saturated rings. The quantitative estimate of drug-likeness (QED) is 0.264. The fourth-order valence-corrected chi connectivity index (χ4v) is 1.48. The molecule has 0 aliphatic carbocycles. The van der Waals surface area contributed by atoms with Gasteiger partial charge in [-0.1, -0.05) is 0 Å². The Hall–Kier alpha value is 0.668. The second kappa shape index (κ2) is 17.1. The van der Waals surface area contributed by atoms with Gasteiger partial charge in [-0.2, -0.15) is 4.84 Å². The van der Waals surface area contributed by atoms with Gasteiger partial charge in [-0.3, -0.25) is 12.6 Å². The van der Waals surface area contributed by atoms with Gasteiger partial charge >= 0.3 is 5.09 Å². The van der Waals surface area contributed by atoms with Crippen molar-refractivity contribution in [3.63, 3.8) is 0 Å². The number of quaternary nitrogens is 2. The molecule has 136 valence electrons. The summed E-state index contributed by atoms with van der Waals surface area (Å²) >= 11 is 0. The van der Waals surface area contributed by atoms with E-state index in [9.17, 15) is 14.5 Å². The molecule has 10 heteroatoms. The SMILES string of the molecule is C[N+](C)(C)CC(C[C-]=O)O[N+](=O)O.[3H]C(C[C-]=O)C[N+](C)(C)C.[Y].[Y]. The van der Waals surface area contributed by atoms with E-state index in [4.69, 9.17) is 6.58 Å². The second-order valence-electron chi connectivity index (χ2n) is 6.90. The van der Waals surface area contributed by atoms with Crippen molar-refractivity contribution in [2.24, 2.45) is 0 Å². The zero-order valence-electron chi connectivity index (χ0n) is 16.6. The van der Waals surface area contributed by atoms with Crippen molar-refractivity contribution in [1.82, 2.24) is 0 Å². The summed E-state index contributed by atoms with van der Waals surface area (Å²) in [5.74, 6) is 0. The first-order valence-corrected chi connectivity index (χ1v) is 6.86. The number of carbonyl (C=O) groups excluding carboxylic acids is 2. The molecule has 0 amide bonds. The third-order valence-corrected chi connectivity index (χ3v) is 2.21. The van der Waals surface area contributed by atoms with Gasteiger partial charge in [-0.15, -0.1) is 12.8 Å². The van der Waals surface area contributed by atoms with Gasteiger partial charge in [0.2, 0.25) is 6.10 Å². The molecule has 0 rings (SSSR count). The molecular weight excluding hydrogens is 468 g/mol. The first-order chi connectivity index (χ1) is 10.3. The monoisotopic (exact) mass is 500 g/mol. The summed E-state index contributed by atoms with van der Waals surface area (Å²) in [6.07, 6.45) is 2.64. The van der Waals surface area contributed by atoms with E-state index >= 15 is 0 Å². The molecule has 1 N–H and O–H groups in total. The van der Waals surface area contributed by atoms with Crippen molar-refractivity contribution in [2.75, 3.05) is 55.4 Å². The van der Waals surface area contributed by atoms with Crippen LogP contribution in [0.2, 0.25) is 0 Å². The Kier molecular flexibility index (Phi) is 21.0. The van der Waals surface area contributed by atoms with Crippen LogP contribution in [0.1, 0.15) is 20.6 Å². The van der Waals surface area contributed by atoms with Crippen LogP contribution in [0.4, 0.5) is 0 Å². The van der Waals surface area contributed by atoms with Crippen molar-refractivity contribution >= 4 is 12.6 Å². The maximum atomic E-state index is 10.1. The van der Waals surface area contributed by atoms with Crippen LogP contribution in [0.5, 0.6) is 0 Å². The minimum atomic E-state index is -0.639. The van der Waals surface area contributed by atoms with Crippen molar-refractivity contribution in [1.29, 1.82) is 0 Å². The Morgan fingerprint density at radius 3 is 1.88 bits per heavy atom. The van der Waals surface area contributed by atoms with E-state index in [2.05, 4.69) is 4.84 Å². The van der Waals surface area contributed by atoms with Crippen molar-refractivity contribution in [3.05, 3.63) is 4.91 Å². The van der Waals surface area contributed by atoms with E-state index in [-0.39, 0.29) is 84.7 Å². The molecule has 0 saturated carbocycles. The summed E-state index contributed by atoms with van der Waals surface area (Å²) in [6, 6.07) is 0. The molecule has 2 atom stereocenters. The van der Waals surface area contributed by atoms with Gasteiger partial charge in [-0.25, -0.2) is 5.21 Å². The molecule has 0 spiro atoms. The molecule has 0 bridgehead atoms. The third-order valence-electron chi connectivity index (χ3n) is 2.21. The number of likely N-dealkylation sites (N-methyl/N-ethyl adjacent to an activating group) is 1. The van der Waals surface area contributed by atoms with Gasteiger partial charge in [0, 0.05) is 66.8 Å².